The standard InChI is InChI=1S/C17H19N3O3/c1-20(5-6-21)10-14-13-9-16(23)15(22)8-12(13)7-11-3-2-4-18-17(11)19-14/h2-4,6,8-9,14,22-23H,5,7,10H2,1H3,(H,18,19). The van der Waals surface area contributed by atoms with Gasteiger partial charge in [-0.25, -0.2) is 4.98 Å². The molecule has 0 fully saturated rings. The Morgan fingerprint density at radius 1 is 1.35 bits per heavy atom. The zero-order chi connectivity index (χ0) is 16.4. The lowest BCUT2D eigenvalue weighted by Gasteiger charge is -2.25. The van der Waals surface area contributed by atoms with E-state index in [1.54, 1.807) is 18.3 Å². The van der Waals surface area contributed by atoms with Crippen molar-refractivity contribution in [3.8, 4) is 11.5 Å². The summed E-state index contributed by atoms with van der Waals surface area (Å²) in [7, 11) is 1.86. The summed E-state index contributed by atoms with van der Waals surface area (Å²) in [4.78, 5) is 17.0. The molecule has 120 valence electrons. The van der Waals surface area contributed by atoms with Crippen LogP contribution < -0.4 is 5.32 Å². The fourth-order valence-corrected chi connectivity index (χ4v) is 2.93. The van der Waals surface area contributed by atoms with Crippen LogP contribution in [0.4, 0.5) is 5.82 Å². The van der Waals surface area contributed by atoms with E-state index < -0.39 is 0 Å². The van der Waals surface area contributed by atoms with E-state index in [9.17, 15) is 15.0 Å². The Morgan fingerprint density at radius 2 is 2.13 bits per heavy atom. The number of anilines is 1. The number of carbonyl (C=O) groups is 1. The summed E-state index contributed by atoms with van der Waals surface area (Å²) in [6, 6.07) is 6.90. The number of pyridine rings is 1. The third-order valence-corrected chi connectivity index (χ3v) is 4.08. The zero-order valence-corrected chi connectivity index (χ0v) is 12.9. The number of likely N-dealkylation sites (N-methyl/N-ethyl adjacent to an activating group) is 1. The molecule has 6 nitrogen and oxygen atoms in total. The topological polar surface area (TPSA) is 85.7 Å². The van der Waals surface area contributed by atoms with E-state index in [2.05, 4.69) is 10.3 Å². The number of aldehydes is 1. The van der Waals surface area contributed by atoms with Crippen LogP contribution in [-0.4, -0.2) is 46.5 Å². The zero-order valence-electron chi connectivity index (χ0n) is 12.9. The molecule has 6 heteroatoms. The normalized spacial score (nSPS) is 16.2. The molecule has 0 aliphatic carbocycles. The minimum absolute atomic E-state index is 0.129. The first-order valence-electron chi connectivity index (χ1n) is 7.46. The summed E-state index contributed by atoms with van der Waals surface area (Å²) in [5.74, 6) is 0.510. The molecule has 3 N–H and O–H groups in total. The number of rotatable bonds is 4. The van der Waals surface area contributed by atoms with Gasteiger partial charge in [-0.1, -0.05) is 6.07 Å². The number of aromatic hydroxyl groups is 2. The van der Waals surface area contributed by atoms with Crippen LogP contribution in [0.2, 0.25) is 0 Å². The summed E-state index contributed by atoms with van der Waals surface area (Å²) in [5, 5.41) is 23.1. The van der Waals surface area contributed by atoms with Gasteiger partial charge >= 0.3 is 0 Å². The fraction of sp³-hybridized carbons (Fsp3) is 0.294. The van der Waals surface area contributed by atoms with Gasteiger partial charge in [0.25, 0.3) is 0 Å². The van der Waals surface area contributed by atoms with Crippen LogP contribution in [0.3, 0.4) is 0 Å². The molecular formula is C17H19N3O3. The third kappa shape index (κ3) is 3.12. The summed E-state index contributed by atoms with van der Waals surface area (Å²) in [6.45, 7) is 0.901. The van der Waals surface area contributed by atoms with Crippen molar-refractivity contribution in [3.63, 3.8) is 0 Å². The lowest BCUT2D eigenvalue weighted by atomic mass is 9.96. The quantitative estimate of drug-likeness (QED) is 0.588. The second-order valence-electron chi connectivity index (χ2n) is 5.81. The van der Waals surface area contributed by atoms with E-state index in [-0.39, 0.29) is 17.5 Å². The number of hydrogen-bond donors (Lipinski definition) is 3. The number of nitrogens with zero attached hydrogens (tertiary/aromatic N) is 2. The lowest BCUT2D eigenvalue weighted by Crippen LogP contribution is -2.30. The van der Waals surface area contributed by atoms with Crippen molar-refractivity contribution < 1.29 is 15.0 Å². The summed E-state index contributed by atoms with van der Waals surface area (Å²) in [5.41, 5.74) is 2.86. The van der Waals surface area contributed by atoms with Gasteiger partial charge in [0.1, 0.15) is 12.1 Å². The van der Waals surface area contributed by atoms with Gasteiger partial charge in [-0.2, -0.15) is 0 Å². The molecule has 0 radical (unpaired) electrons. The molecule has 1 atom stereocenters. The predicted molar refractivity (Wildman–Crippen MR) is 86.7 cm³/mol. The van der Waals surface area contributed by atoms with Gasteiger partial charge < -0.3 is 20.3 Å². The number of nitrogens with one attached hydrogen (secondary N) is 1. The van der Waals surface area contributed by atoms with Gasteiger partial charge in [0.15, 0.2) is 11.5 Å². The van der Waals surface area contributed by atoms with Crippen molar-refractivity contribution in [1.82, 2.24) is 9.88 Å². The van der Waals surface area contributed by atoms with Crippen LogP contribution in [0.1, 0.15) is 22.7 Å². The number of hydrogen-bond acceptors (Lipinski definition) is 6. The van der Waals surface area contributed by atoms with E-state index in [1.165, 1.54) is 0 Å². The third-order valence-electron chi connectivity index (χ3n) is 4.08. The molecular weight excluding hydrogens is 294 g/mol. The van der Waals surface area contributed by atoms with E-state index in [0.29, 0.717) is 19.5 Å². The average Bonchev–Trinajstić information content (AvgIpc) is 2.65. The summed E-state index contributed by atoms with van der Waals surface area (Å²) in [6.07, 6.45) is 3.20. The maximum atomic E-state index is 10.7. The molecule has 0 spiro atoms. The van der Waals surface area contributed by atoms with Gasteiger partial charge in [0, 0.05) is 19.2 Å². The maximum Gasteiger partial charge on any atom is 0.157 e. The van der Waals surface area contributed by atoms with Crippen molar-refractivity contribution in [2.45, 2.75) is 12.5 Å². The molecule has 3 rings (SSSR count). The maximum absolute atomic E-state index is 10.7. The Labute approximate surface area is 134 Å². The van der Waals surface area contributed by atoms with E-state index in [0.717, 1.165) is 28.8 Å². The molecule has 2 heterocycles. The largest absolute Gasteiger partial charge is 0.504 e. The molecule has 2 aromatic rings. The van der Waals surface area contributed by atoms with E-state index >= 15 is 0 Å². The molecule has 1 unspecified atom stereocenters. The highest BCUT2D eigenvalue weighted by atomic mass is 16.3. The van der Waals surface area contributed by atoms with Gasteiger partial charge in [-0.05, 0) is 41.9 Å². The Hall–Kier alpha value is -2.60. The van der Waals surface area contributed by atoms with Crippen molar-refractivity contribution in [3.05, 3.63) is 47.2 Å². The minimum atomic E-state index is -0.146. The fourth-order valence-electron chi connectivity index (χ4n) is 2.93. The van der Waals surface area contributed by atoms with Gasteiger partial charge in [0.2, 0.25) is 0 Å². The molecule has 1 aliphatic heterocycles. The van der Waals surface area contributed by atoms with E-state index in [4.69, 9.17) is 0 Å². The molecule has 1 aliphatic rings. The summed E-state index contributed by atoms with van der Waals surface area (Å²) < 4.78 is 0. The van der Waals surface area contributed by atoms with Crippen LogP contribution in [0.25, 0.3) is 0 Å². The Bertz CT molecular complexity index is 733. The van der Waals surface area contributed by atoms with Gasteiger partial charge in [0.05, 0.1) is 12.6 Å². The minimum Gasteiger partial charge on any atom is -0.504 e. The number of carbonyl (C=O) groups excluding carboxylic acids is 1. The highest BCUT2D eigenvalue weighted by Crippen LogP contribution is 2.37. The van der Waals surface area contributed by atoms with Crippen LogP contribution in [-0.2, 0) is 11.2 Å². The predicted octanol–water partition coefficient (Wildman–Crippen LogP) is 1.68. The monoisotopic (exact) mass is 313 g/mol. The van der Waals surface area contributed by atoms with E-state index in [1.807, 2.05) is 24.1 Å². The van der Waals surface area contributed by atoms with Crippen LogP contribution >= 0.6 is 0 Å². The van der Waals surface area contributed by atoms with Crippen molar-refractivity contribution in [2.24, 2.45) is 0 Å². The highest BCUT2D eigenvalue weighted by Gasteiger charge is 2.24. The molecule has 0 saturated carbocycles. The smallest absolute Gasteiger partial charge is 0.157 e. The number of phenols is 2. The Kier molecular flexibility index (Phi) is 4.16. The van der Waals surface area contributed by atoms with Gasteiger partial charge in [-0.15, -0.1) is 0 Å². The molecule has 0 saturated heterocycles. The van der Waals surface area contributed by atoms with Crippen molar-refractivity contribution >= 4 is 12.1 Å². The highest BCUT2D eigenvalue weighted by molar-refractivity contribution is 5.57. The molecule has 0 amide bonds. The second-order valence-corrected chi connectivity index (χ2v) is 5.81. The van der Waals surface area contributed by atoms with Crippen LogP contribution in [0.15, 0.2) is 30.5 Å². The number of aromatic nitrogens is 1. The first kappa shape index (κ1) is 15.3. The molecule has 0 bridgehead atoms. The Morgan fingerprint density at radius 3 is 2.91 bits per heavy atom. The molecule has 1 aromatic heterocycles. The van der Waals surface area contributed by atoms with Crippen molar-refractivity contribution in [2.75, 3.05) is 25.5 Å². The molecule has 1 aromatic carbocycles. The lowest BCUT2D eigenvalue weighted by molar-refractivity contribution is -0.108. The number of phenolic OH excluding ortho intramolecular Hbond substituents is 2. The molecule has 23 heavy (non-hydrogen) atoms. The number of benzene rings is 1. The number of fused-ring (bicyclic) bond motifs is 2. The first-order valence-corrected chi connectivity index (χ1v) is 7.46. The summed E-state index contributed by atoms with van der Waals surface area (Å²) >= 11 is 0. The van der Waals surface area contributed by atoms with Crippen LogP contribution in [0, 0.1) is 0 Å². The average molecular weight is 313 g/mol. The SMILES string of the molecule is CN(CC=O)CC1Nc2ncccc2Cc2cc(O)c(O)cc21. The van der Waals surface area contributed by atoms with Crippen LogP contribution in [0.5, 0.6) is 11.5 Å². The second kappa shape index (κ2) is 6.26. The van der Waals surface area contributed by atoms with Crippen molar-refractivity contribution in [1.29, 1.82) is 0 Å². The Balaban J connectivity index is 2.04. The van der Waals surface area contributed by atoms with Gasteiger partial charge in [-0.3, -0.25) is 4.90 Å². The first-order chi connectivity index (χ1) is 11.1.